The molecule has 10 atom stereocenters. The molecule has 6 fully saturated rings. The standard InChI is InChI=1S/C36H57NO5/c1-21(2)23-12-17-36(31(41)37-20-28(38)39)19-18-34(6)24(29(23)36)10-11-26-33(5)15-14-27(42-30(40)22-8-9-22)32(3,4)25(33)13-16-35(26,34)7/h21-27,29H,8-20H2,1-7H3,(H,37,41)(H,38,39)/t23?,24?,25?,26?,27-,29?,33+,34-,35-,36+/m1/s1. The van der Waals surface area contributed by atoms with Crippen molar-refractivity contribution in [2.45, 2.75) is 132 Å². The summed E-state index contributed by atoms with van der Waals surface area (Å²) in [6, 6.07) is 0. The highest BCUT2D eigenvalue weighted by Crippen LogP contribution is 2.77. The summed E-state index contributed by atoms with van der Waals surface area (Å²) < 4.78 is 6.23. The number of hydrogen-bond donors (Lipinski definition) is 2. The Bertz CT molecular complexity index is 1130. The monoisotopic (exact) mass is 583 g/mol. The van der Waals surface area contributed by atoms with Gasteiger partial charge >= 0.3 is 11.9 Å². The molecule has 6 nitrogen and oxygen atoms in total. The molecular weight excluding hydrogens is 526 g/mol. The van der Waals surface area contributed by atoms with E-state index in [2.05, 4.69) is 53.8 Å². The Morgan fingerprint density at radius 3 is 2.17 bits per heavy atom. The lowest BCUT2D eigenvalue weighted by Gasteiger charge is -2.73. The molecule has 0 aromatic rings. The second-order valence-electron chi connectivity index (χ2n) is 17.4. The number of aliphatic carboxylic acids is 1. The van der Waals surface area contributed by atoms with Gasteiger partial charge in [-0.1, -0.05) is 48.5 Å². The number of carboxylic acids is 1. The third-order valence-electron chi connectivity index (χ3n) is 15.3. The van der Waals surface area contributed by atoms with E-state index in [9.17, 15) is 19.5 Å². The highest BCUT2D eigenvalue weighted by molar-refractivity contribution is 5.86. The molecule has 6 heteroatoms. The predicted octanol–water partition coefficient (Wildman–Crippen LogP) is 7.25. The van der Waals surface area contributed by atoms with Crippen LogP contribution in [0.15, 0.2) is 0 Å². The Kier molecular flexibility index (Phi) is 7.22. The second-order valence-corrected chi connectivity index (χ2v) is 17.4. The number of carbonyl (C=O) groups is 3. The van der Waals surface area contributed by atoms with E-state index in [0.717, 1.165) is 51.4 Å². The van der Waals surface area contributed by atoms with E-state index in [-0.39, 0.29) is 52.1 Å². The summed E-state index contributed by atoms with van der Waals surface area (Å²) in [4.78, 5) is 38.0. The third kappa shape index (κ3) is 4.18. The molecule has 0 radical (unpaired) electrons. The van der Waals surface area contributed by atoms with Crippen molar-refractivity contribution in [2.75, 3.05) is 6.54 Å². The predicted molar refractivity (Wildman–Crippen MR) is 162 cm³/mol. The fourth-order valence-corrected chi connectivity index (χ4v) is 12.9. The number of carbonyl (C=O) groups excluding carboxylic acids is 2. The number of esters is 1. The molecule has 2 N–H and O–H groups in total. The van der Waals surface area contributed by atoms with E-state index < -0.39 is 11.4 Å². The number of ether oxygens (including phenoxy) is 1. The SMILES string of the molecule is CC(C)C1CC[C@]2(C(=O)NCC(=O)O)CC[C@]3(C)C(CCC4[C@@]5(C)CC[C@@H](OC(=O)C6CC6)C(C)(C)C5CC[C@]43C)C12. The first-order valence-corrected chi connectivity index (χ1v) is 17.3. The summed E-state index contributed by atoms with van der Waals surface area (Å²) in [6.07, 6.45) is 12.8. The number of carboxylic acid groups (broad SMARTS) is 1. The summed E-state index contributed by atoms with van der Waals surface area (Å²) in [5.41, 5.74) is 0.108. The van der Waals surface area contributed by atoms with Crippen molar-refractivity contribution in [3.8, 4) is 0 Å². The number of rotatable bonds is 6. The molecule has 42 heavy (non-hydrogen) atoms. The minimum Gasteiger partial charge on any atom is -0.480 e. The van der Waals surface area contributed by atoms with Crippen molar-refractivity contribution in [1.29, 1.82) is 0 Å². The van der Waals surface area contributed by atoms with Crippen LogP contribution in [0.4, 0.5) is 0 Å². The zero-order valence-electron chi connectivity index (χ0n) is 27.4. The first-order valence-electron chi connectivity index (χ1n) is 17.3. The molecule has 6 rings (SSSR count). The van der Waals surface area contributed by atoms with Crippen LogP contribution in [0.25, 0.3) is 0 Å². The number of fused-ring (bicyclic) bond motifs is 7. The van der Waals surface area contributed by atoms with Crippen LogP contribution >= 0.6 is 0 Å². The van der Waals surface area contributed by atoms with E-state index in [4.69, 9.17) is 4.74 Å². The minimum atomic E-state index is -0.965. The molecule has 0 spiro atoms. The van der Waals surface area contributed by atoms with Crippen LogP contribution in [-0.4, -0.2) is 35.6 Å². The lowest BCUT2D eigenvalue weighted by atomic mass is 9.32. The van der Waals surface area contributed by atoms with Gasteiger partial charge in [0.2, 0.25) is 5.91 Å². The van der Waals surface area contributed by atoms with E-state index in [1.807, 2.05) is 0 Å². The van der Waals surface area contributed by atoms with E-state index in [0.29, 0.717) is 35.5 Å². The molecule has 0 heterocycles. The molecule has 1 amide bonds. The molecule has 6 aliphatic rings. The molecular formula is C36H57NO5. The van der Waals surface area contributed by atoms with Gasteiger partial charge in [0.1, 0.15) is 12.6 Å². The molecule has 0 aliphatic heterocycles. The Morgan fingerprint density at radius 2 is 1.52 bits per heavy atom. The Balaban J connectivity index is 1.30. The van der Waals surface area contributed by atoms with Crippen LogP contribution in [-0.2, 0) is 19.1 Å². The molecule has 0 aromatic heterocycles. The average molecular weight is 584 g/mol. The van der Waals surface area contributed by atoms with Gasteiger partial charge in [0.15, 0.2) is 0 Å². The summed E-state index contributed by atoms with van der Waals surface area (Å²) in [6.45, 7) is 16.9. The van der Waals surface area contributed by atoms with Gasteiger partial charge in [0.05, 0.1) is 11.3 Å². The zero-order chi connectivity index (χ0) is 30.5. The van der Waals surface area contributed by atoms with Gasteiger partial charge in [-0.2, -0.15) is 0 Å². The van der Waals surface area contributed by atoms with Gasteiger partial charge in [-0.25, -0.2) is 0 Å². The summed E-state index contributed by atoms with van der Waals surface area (Å²) in [5, 5.41) is 12.2. The first kappa shape index (κ1) is 30.4. The Labute approximate surface area is 253 Å². The van der Waals surface area contributed by atoms with Gasteiger partial charge in [-0.15, -0.1) is 0 Å². The summed E-state index contributed by atoms with van der Waals surface area (Å²) in [5.74, 6) is 2.22. The highest BCUT2D eigenvalue weighted by Gasteiger charge is 2.72. The highest BCUT2D eigenvalue weighted by atomic mass is 16.5. The lowest BCUT2D eigenvalue weighted by Crippen LogP contribution is -2.67. The topological polar surface area (TPSA) is 92.7 Å². The number of nitrogens with one attached hydrogen (secondary N) is 1. The van der Waals surface area contributed by atoms with Crippen LogP contribution in [0.3, 0.4) is 0 Å². The van der Waals surface area contributed by atoms with E-state index in [1.165, 1.54) is 25.7 Å². The molecule has 0 bridgehead atoms. The van der Waals surface area contributed by atoms with E-state index in [1.54, 1.807) is 0 Å². The largest absolute Gasteiger partial charge is 0.480 e. The second kappa shape index (κ2) is 9.96. The van der Waals surface area contributed by atoms with Gasteiger partial charge < -0.3 is 15.2 Å². The van der Waals surface area contributed by atoms with Gasteiger partial charge in [-0.3, -0.25) is 14.4 Å². The smallest absolute Gasteiger partial charge is 0.322 e. The fraction of sp³-hybridized carbons (Fsp3) is 0.917. The van der Waals surface area contributed by atoms with Crippen molar-refractivity contribution < 1.29 is 24.2 Å². The third-order valence-corrected chi connectivity index (χ3v) is 15.3. The van der Waals surface area contributed by atoms with Gasteiger partial charge in [0.25, 0.3) is 0 Å². The number of amides is 1. The van der Waals surface area contributed by atoms with Crippen LogP contribution in [0, 0.1) is 68.5 Å². The average Bonchev–Trinajstić information content (AvgIpc) is 3.69. The van der Waals surface area contributed by atoms with Gasteiger partial charge in [0, 0.05) is 5.41 Å². The van der Waals surface area contributed by atoms with Crippen molar-refractivity contribution in [3.05, 3.63) is 0 Å². The molecule has 5 unspecified atom stereocenters. The van der Waals surface area contributed by atoms with E-state index >= 15 is 0 Å². The fourth-order valence-electron chi connectivity index (χ4n) is 12.9. The Hall–Kier alpha value is -1.59. The maximum Gasteiger partial charge on any atom is 0.322 e. The molecule has 6 saturated carbocycles. The maximum absolute atomic E-state index is 13.9. The molecule has 0 saturated heterocycles. The molecule has 236 valence electrons. The number of hydrogen-bond acceptors (Lipinski definition) is 4. The van der Waals surface area contributed by atoms with Crippen molar-refractivity contribution in [2.24, 2.45) is 68.5 Å². The van der Waals surface area contributed by atoms with Crippen LogP contribution in [0.2, 0.25) is 0 Å². The summed E-state index contributed by atoms with van der Waals surface area (Å²) >= 11 is 0. The molecule has 6 aliphatic carbocycles. The van der Waals surface area contributed by atoms with Crippen LogP contribution in [0.5, 0.6) is 0 Å². The van der Waals surface area contributed by atoms with Crippen LogP contribution in [0.1, 0.15) is 126 Å². The maximum atomic E-state index is 13.9. The van der Waals surface area contributed by atoms with Gasteiger partial charge in [-0.05, 0) is 129 Å². The van der Waals surface area contributed by atoms with Crippen molar-refractivity contribution >= 4 is 17.8 Å². The lowest BCUT2D eigenvalue weighted by molar-refractivity contribution is -0.250. The quantitative estimate of drug-likeness (QED) is 0.321. The first-order chi connectivity index (χ1) is 19.6. The summed E-state index contributed by atoms with van der Waals surface area (Å²) in [7, 11) is 0. The van der Waals surface area contributed by atoms with Crippen molar-refractivity contribution in [1.82, 2.24) is 5.32 Å². The Morgan fingerprint density at radius 1 is 0.810 bits per heavy atom. The minimum absolute atomic E-state index is 0.00358. The normalized spacial score (nSPS) is 47.4. The van der Waals surface area contributed by atoms with Crippen molar-refractivity contribution in [3.63, 3.8) is 0 Å². The molecule has 0 aromatic carbocycles. The van der Waals surface area contributed by atoms with Crippen LogP contribution < -0.4 is 5.32 Å². The zero-order valence-corrected chi connectivity index (χ0v) is 27.4.